The zero-order valence-corrected chi connectivity index (χ0v) is 11.7. The molecule has 6 heteroatoms. The van der Waals surface area contributed by atoms with Gasteiger partial charge in [-0.25, -0.2) is 9.97 Å². The van der Waals surface area contributed by atoms with E-state index >= 15 is 0 Å². The number of nitrogens with zero attached hydrogens (tertiary/aromatic N) is 4. The lowest BCUT2D eigenvalue weighted by molar-refractivity contribution is 0.337. The molecule has 0 amide bonds. The van der Waals surface area contributed by atoms with E-state index in [4.69, 9.17) is 18.0 Å². The Bertz CT molecular complexity index is 436. The number of anilines is 1. The van der Waals surface area contributed by atoms with Crippen molar-refractivity contribution in [2.75, 3.05) is 31.6 Å². The molecule has 0 spiro atoms. The zero-order chi connectivity index (χ0) is 13.1. The summed E-state index contributed by atoms with van der Waals surface area (Å²) in [5.41, 5.74) is 6.25. The Morgan fingerprint density at radius 3 is 3.00 bits per heavy atom. The molecule has 1 unspecified atom stereocenters. The Hall–Kier alpha value is -1.27. The molecule has 1 aliphatic rings. The maximum absolute atomic E-state index is 5.61. The smallest absolute Gasteiger partial charge is 0.226 e. The van der Waals surface area contributed by atoms with Crippen molar-refractivity contribution in [1.82, 2.24) is 14.9 Å². The van der Waals surface area contributed by atoms with E-state index in [2.05, 4.69) is 33.7 Å². The Labute approximate surface area is 113 Å². The van der Waals surface area contributed by atoms with E-state index < -0.39 is 0 Å². The molecule has 0 aromatic carbocycles. The molecule has 1 aromatic rings. The van der Waals surface area contributed by atoms with Crippen molar-refractivity contribution in [1.29, 1.82) is 0 Å². The van der Waals surface area contributed by atoms with Gasteiger partial charge in [0.25, 0.3) is 0 Å². The third-order valence-electron chi connectivity index (χ3n) is 3.20. The summed E-state index contributed by atoms with van der Waals surface area (Å²) in [6.07, 6.45) is 2.83. The van der Waals surface area contributed by atoms with E-state index in [1.165, 1.54) is 0 Å². The Kier molecular flexibility index (Phi) is 4.08. The number of likely N-dealkylation sites (N-methyl/N-ethyl adjacent to an activating group) is 1. The summed E-state index contributed by atoms with van der Waals surface area (Å²) in [5.74, 6) is 0.725. The molecule has 2 N–H and O–H groups in total. The Morgan fingerprint density at radius 2 is 2.28 bits per heavy atom. The number of rotatable bonds is 2. The van der Waals surface area contributed by atoms with E-state index in [9.17, 15) is 0 Å². The van der Waals surface area contributed by atoms with Crippen molar-refractivity contribution in [2.45, 2.75) is 19.4 Å². The lowest BCUT2D eigenvalue weighted by Gasteiger charge is -2.28. The van der Waals surface area contributed by atoms with Gasteiger partial charge in [-0.1, -0.05) is 12.2 Å². The number of hydrogen-bond acceptors (Lipinski definition) is 5. The topological polar surface area (TPSA) is 58.3 Å². The SMILES string of the molecule is CC1CN(C)CCCN1c1nccc(C(N)=S)n1. The number of thiocarbonyl (C=S) groups is 1. The van der Waals surface area contributed by atoms with Gasteiger partial charge >= 0.3 is 0 Å². The van der Waals surface area contributed by atoms with Crippen LogP contribution in [0.5, 0.6) is 0 Å². The van der Waals surface area contributed by atoms with Crippen LogP contribution < -0.4 is 10.6 Å². The summed E-state index contributed by atoms with van der Waals surface area (Å²) < 4.78 is 0. The van der Waals surface area contributed by atoms with Gasteiger partial charge in [0.2, 0.25) is 5.95 Å². The molecule has 1 fully saturated rings. The van der Waals surface area contributed by atoms with Crippen LogP contribution in [0.4, 0.5) is 5.95 Å². The van der Waals surface area contributed by atoms with Crippen molar-refractivity contribution in [2.24, 2.45) is 5.73 Å². The standard InChI is InChI=1S/C12H19N5S/c1-9-8-16(2)6-3-7-17(9)12-14-5-4-10(15-12)11(13)18/h4-5,9H,3,6-8H2,1-2H3,(H2,13,18). The van der Waals surface area contributed by atoms with Gasteiger partial charge in [0.05, 0.1) is 0 Å². The summed E-state index contributed by atoms with van der Waals surface area (Å²) in [6, 6.07) is 2.14. The quantitative estimate of drug-likeness (QED) is 0.792. The molecule has 0 bridgehead atoms. The van der Waals surface area contributed by atoms with Gasteiger partial charge < -0.3 is 15.5 Å². The average Bonchev–Trinajstić information content (AvgIpc) is 2.50. The monoisotopic (exact) mass is 265 g/mol. The van der Waals surface area contributed by atoms with E-state index in [0.717, 1.165) is 32.0 Å². The number of aromatic nitrogens is 2. The molecule has 0 aliphatic carbocycles. The first-order valence-electron chi connectivity index (χ1n) is 6.16. The van der Waals surface area contributed by atoms with Crippen LogP contribution in [0.3, 0.4) is 0 Å². The van der Waals surface area contributed by atoms with Gasteiger partial charge in [-0.3, -0.25) is 0 Å². The second kappa shape index (κ2) is 5.58. The van der Waals surface area contributed by atoms with Gasteiger partial charge in [0.1, 0.15) is 10.7 Å². The van der Waals surface area contributed by atoms with E-state index in [-0.39, 0.29) is 0 Å². The van der Waals surface area contributed by atoms with Crippen LogP contribution in [-0.4, -0.2) is 52.6 Å². The first-order valence-corrected chi connectivity index (χ1v) is 6.57. The molecule has 1 aromatic heterocycles. The Morgan fingerprint density at radius 1 is 1.50 bits per heavy atom. The van der Waals surface area contributed by atoms with Crippen LogP contribution in [0.2, 0.25) is 0 Å². The molecular formula is C12H19N5S. The van der Waals surface area contributed by atoms with Crippen molar-refractivity contribution in [3.05, 3.63) is 18.0 Å². The minimum Gasteiger partial charge on any atom is -0.388 e. The van der Waals surface area contributed by atoms with Crippen LogP contribution in [-0.2, 0) is 0 Å². The zero-order valence-electron chi connectivity index (χ0n) is 10.8. The third-order valence-corrected chi connectivity index (χ3v) is 3.41. The molecule has 18 heavy (non-hydrogen) atoms. The van der Waals surface area contributed by atoms with Gasteiger partial charge in [-0.15, -0.1) is 0 Å². The molecule has 0 radical (unpaired) electrons. The Balaban J connectivity index is 2.24. The summed E-state index contributed by atoms with van der Waals surface area (Å²) in [4.78, 5) is 13.7. The second-order valence-electron chi connectivity index (χ2n) is 4.76. The summed E-state index contributed by atoms with van der Waals surface area (Å²) in [7, 11) is 2.15. The molecule has 1 atom stereocenters. The first-order chi connectivity index (χ1) is 8.58. The predicted molar refractivity (Wildman–Crippen MR) is 76.8 cm³/mol. The lowest BCUT2D eigenvalue weighted by atomic mass is 10.3. The van der Waals surface area contributed by atoms with E-state index in [1.54, 1.807) is 12.3 Å². The predicted octanol–water partition coefficient (Wildman–Crippen LogP) is 0.641. The first kappa shape index (κ1) is 13.2. The highest BCUT2D eigenvalue weighted by molar-refractivity contribution is 7.80. The lowest BCUT2D eigenvalue weighted by Crippen LogP contribution is -2.39. The molecule has 98 valence electrons. The molecular weight excluding hydrogens is 246 g/mol. The van der Waals surface area contributed by atoms with Gasteiger partial charge in [0.15, 0.2) is 0 Å². The fourth-order valence-corrected chi connectivity index (χ4v) is 2.41. The second-order valence-corrected chi connectivity index (χ2v) is 5.20. The van der Waals surface area contributed by atoms with Crippen LogP contribution in [0.15, 0.2) is 12.3 Å². The highest BCUT2D eigenvalue weighted by Gasteiger charge is 2.21. The molecule has 2 rings (SSSR count). The summed E-state index contributed by atoms with van der Waals surface area (Å²) in [6.45, 7) is 5.28. The van der Waals surface area contributed by atoms with Crippen LogP contribution in [0.1, 0.15) is 19.0 Å². The minimum atomic E-state index is 0.318. The van der Waals surface area contributed by atoms with E-state index in [1.807, 2.05) is 0 Å². The summed E-state index contributed by atoms with van der Waals surface area (Å²) in [5, 5.41) is 0. The van der Waals surface area contributed by atoms with Gasteiger partial charge in [-0.05, 0) is 33.0 Å². The molecule has 1 saturated heterocycles. The van der Waals surface area contributed by atoms with Crippen molar-refractivity contribution < 1.29 is 0 Å². The van der Waals surface area contributed by atoms with E-state index in [0.29, 0.717) is 16.7 Å². The normalized spacial score (nSPS) is 21.7. The number of hydrogen-bond donors (Lipinski definition) is 1. The van der Waals surface area contributed by atoms with Gasteiger partial charge in [0, 0.05) is 25.3 Å². The fourth-order valence-electron chi connectivity index (χ4n) is 2.29. The largest absolute Gasteiger partial charge is 0.388 e. The fraction of sp³-hybridized carbons (Fsp3) is 0.583. The van der Waals surface area contributed by atoms with Crippen LogP contribution >= 0.6 is 12.2 Å². The molecule has 0 saturated carbocycles. The van der Waals surface area contributed by atoms with Crippen LogP contribution in [0.25, 0.3) is 0 Å². The summed E-state index contributed by atoms with van der Waals surface area (Å²) >= 11 is 4.96. The molecule has 5 nitrogen and oxygen atoms in total. The van der Waals surface area contributed by atoms with Crippen LogP contribution in [0, 0.1) is 0 Å². The van der Waals surface area contributed by atoms with Crippen molar-refractivity contribution >= 4 is 23.2 Å². The maximum atomic E-state index is 5.61. The number of nitrogens with two attached hydrogens (primary N) is 1. The minimum absolute atomic E-state index is 0.318. The molecule has 1 aliphatic heterocycles. The highest BCUT2D eigenvalue weighted by atomic mass is 32.1. The van der Waals surface area contributed by atoms with Gasteiger partial charge in [-0.2, -0.15) is 0 Å². The molecule has 2 heterocycles. The average molecular weight is 265 g/mol. The third kappa shape index (κ3) is 2.94. The van der Waals surface area contributed by atoms with Crippen molar-refractivity contribution in [3.8, 4) is 0 Å². The maximum Gasteiger partial charge on any atom is 0.226 e. The van der Waals surface area contributed by atoms with Crippen molar-refractivity contribution in [3.63, 3.8) is 0 Å². The highest BCUT2D eigenvalue weighted by Crippen LogP contribution is 2.15.